The monoisotopic (exact) mass is 282 g/mol. The molecule has 0 aliphatic carbocycles. The average Bonchev–Trinajstić information content (AvgIpc) is 2.98. The first-order valence-corrected chi connectivity index (χ1v) is 7.57. The van der Waals surface area contributed by atoms with Crippen LogP contribution in [0.4, 0.5) is 0 Å². The van der Waals surface area contributed by atoms with E-state index in [1.165, 1.54) is 5.56 Å². The van der Waals surface area contributed by atoms with Gasteiger partial charge in [0.05, 0.1) is 5.75 Å². The van der Waals surface area contributed by atoms with Crippen LogP contribution < -0.4 is 0 Å². The molecule has 100 valence electrons. The zero-order chi connectivity index (χ0) is 13.6. The van der Waals surface area contributed by atoms with Gasteiger partial charge in [0.25, 0.3) is 0 Å². The summed E-state index contributed by atoms with van der Waals surface area (Å²) < 4.78 is 5.28. The third-order valence-corrected chi connectivity index (χ3v) is 3.83. The van der Waals surface area contributed by atoms with Crippen molar-refractivity contribution in [2.45, 2.75) is 11.5 Å². The van der Waals surface area contributed by atoms with Gasteiger partial charge in [0.1, 0.15) is 0 Å². The first-order valence-electron chi connectivity index (χ1n) is 6.41. The number of hydrogen-bond donors (Lipinski definition) is 0. The van der Waals surface area contributed by atoms with Gasteiger partial charge in [-0.25, -0.2) is 0 Å². The van der Waals surface area contributed by atoms with Crippen LogP contribution in [0, 0.1) is 0 Å². The van der Waals surface area contributed by atoms with Crippen molar-refractivity contribution < 1.29 is 4.52 Å². The Morgan fingerprint density at radius 2 is 1.55 bits per heavy atom. The van der Waals surface area contributed by atoms with E-state index < -0.39 is 0 Å². The highest BCUT2D eigenvalue weighted by molar-refractivity contribution is 7.97. The molecule has 20 heavy (non-hydrogen) atoms. The standard InChI is InChI=1S/C16H14N2OS/c1-3-7-13(8-4-1)11-20-12-15-17-16(18-19-15)14-9-5-2-6-10-14/h1-10H,11-12H2. The summed E-state index contributed by atoms with van der Waals surface area (Å²) in [5.74, 6) is 3.00. The molecule has 3 nitrogen and oxygen atoms in total. The summed E-state index contributed by atoms with van der Waals surface area (Å²) in [5.41, 5.74) is 2.29. The molecule has 0 unspecified atom stereocenters. The summed E-state index contributed by atoms with van der Waals surface area (Å²) in [4.78, 5) is 4.41. The van der Waals surface area contributed by atoms with E-state index in [0.717, 1.165) is 17.1 Å². The quantitative estimate of drug-likeness (QED) is 0.704. The number of hydrogen-bond acceptors (Lipinski definition) is 4. The minimum absolute atomic E-state index is 0.654. The van der Waals surface area contributed by atoms with Crippen LogP contribution in [0.25, 0.3) is 11.4 Å². The molecule has 0 fully saturated rings. The summed E-state index contributed by atoms with van der Waals surface area (Å²) in [7, 11) is 0. The van der Waals surface area contributed by atoms with Crippen LogP contribution in [0.3, 0.4) is 0 Å². The third kappa shape index (κ3) is 3.27. The summed E-state index contributed by atoms with van der Waals surface area (Å²) in [6, 6.07) is 20.2. The first-order chi connectivity index (χ1) is 9.92. The van der Waals surface area contributed by atoms with E-state index in [4.69, 9.17) is 4.52 Å². The second-order valence-electron chi connectivity index (χ2n) is 4.36. The van der Waals surface area contributed by atoms with E-state index in [1.54, 1.807) is 11.8 Å². The fourth-order valence-electron chi connectivity index (χ4n) is 1.85. The Bertz CT molecular complexity index is 653. The van der Waals surface area contributed by atoms with Gasteiger partial charge < -0.3 is 4.52 Å². The van der Waals surface area contributed by atoms with Gasteiger partial charge in [0, 0.05) is 11.3 Å². The molecule has 3 rings (SSSR count). The molecule has 0 spiro atoms. The van der Waals surface area contributed by atoms with E-state index in [2.05, 4.69) is 34.4 Å². The minimum Gasteiger partial charge on any atom is -0.338 e. The molecule has 0 bridgehead atoms. The van der Waals surface area contributed by atoms with E-state index in [9.17, 15) is 0 Å². The van der Waals surface area contributed by atoms with Crippen molar-refractivity contribution in [2.75, 3.05) is 0 Å². The Morgan fingerprint density at radius 1 is 0.850 bits per heavy atom. The average molecular weight is 282 g/mol. The number of aromatic nitrogens is 2. The SMILES string of the molecule is c1ccc(CSCc2nc(-c3ccccc3)no2)cc1. The van der Waals surface area contributed by atoms with E-state index >= 15 is 0 Å². The van der Waals surface area contributed by atoms with E-state index in [1.807, 2.05) is 36.4 Å². The van der Waals surface area contributed by atoms with Crippen molar-refractivity contribution in [1.82, 2.24) is 10.1 Å². The smallest absolute Gasteiger partial charge is 0.236 e. The van der Waals surface area contributed by atoms with Gasteiger partial charge in [0.2, 0.25) is 11.7 Å². The van der Waals surface area contributed by atoms with Gasteiger partial charge in [-0.2, -0.15) is 4.98 Å². The predicted molar refractivity (Wildman–Crippen MR) is 81.2 cm³/mol. The molecule has 2 aromatic carbocycles. The van der Waals surface area contributed by atoms with Crippen molar-refractivity contribution in [3.63, 3.8) is 0 Å². The Hall–Kier alpha value is -2.07. The molecule has 0 saturated heterocycles. The molecule has 3 aromatic rings. The molecule has 0 aliphatic heterocycles. The maximum atomic E-state index is 5.28. The van der Waals surface area contributed by atoms with Crippen molar-refractivity contribution in [2.24, 2.45) is 0 Å². The molecule has 0 atom stereocenters. The lowest BCUT2D eigenvalue weighted by molar-refractivity contribution is 0.391. The molecular weight excluding hydrogens is 268 g/mol. The maximum Gasteiger partial charge on any atom is 0.236 e. The Labute approximate surface area is 122 Å². The van der Waals surface area contributed by atoms with E-state index in [0.29, 0.717) is 11.7 Å². The van der Waals surface area contributed by atoms with Crippen molar-refractivity contribution in [3.8, 4) is 11.4 Å². The molecular formula is C16H14N2OS. The van der Waals surface area contributed by atoms with Crippen LogP contribution in [0.1, 0.15) is 11.5 Å². The van der Waals surface area contributed by atoms with Crippen molar-refractivity contribution in [3.05, 3.63) is 72.1 Å². The van der Waals surface area contributed by atoms with Gasteiger partial charge in [-0.3, -0.25) is 0 Å². The van der Waals surface area contributed by atoms with Crippen molar-refractivity contribution in [1.29, 1.82) is 0 Å². The van der Waals surface area contributed by atoms with Crippen LogP contribution in [-0.2, 0) is 11.5 Å². The summed E-state index contributed by atoms with van der Waals surface area (Å²) in [6.45, 7) is 0. The number of rotatable bonds is 5. The van der Waals surface area contributed by atoms with Crippen LogP contribution in [0.15, 0.2) is 65.2 Å². The number of benzene rings is 2. The Balaban J connectivity index is 1.58. The lowest BCUT2D eigenvalue weighted by Gasteiger charge is -1.98. The summed E-state index contributed by atoms with van der Waals surface area (Å²) in [5, 5.41) is 4.01. The molecule has 0 saturated carbocycles. The van der Waals surface area contributed by atoms with Gasteiger partial charge in [-0.15, -0.1) is 11.8 Å². The van der Waals surface area contributed by atoms with Gasteiger partial charge in [-0.1, -0.05) is 65.8 Å². The van der Waals surface area contributed by atoms with Crippen LogP contribution >= 0.6 is 11.8 Å². The second kappa shape index (κ2) is 6.39. The Morgan fingerprint density at radius 3 is 2.30 bits per heavy atom. The van der Waals surface area contributed by atoms with Crippen LogP contribution in [-0.4, -0.2) is 10.1 Å². The van der Waals surface area contributed by atoms with Gasteiger partial charge in [-0.05, 0) is 5.56 Å². The normalized spacial score (nSPS) is 10.6. The molecule has 1 aromatic heterocycles. The molecule has 4 heteroatoms. The second-order valence-corrected chi connectivity index (χ2v) is 5.34. The molecule has 1 heterocycles. The van der Waals surface area contributed by atoms with E-state index in [-0.39, 0.29) is 0 Å². The lowest BCUT2D eigenvalue weighted by atomic mass is 10.2. The first kappa shape index (κ1) is 12.9. The third-order valence-electron chi connectivity index (χ3n) is 2.84. The number of thioether (sulfide) groups is 1. The highest BCUT2D eigenvalue weighted by atomic mass is 32.2. The largest absolute Gasteiger partial charge is 0.338 e. The predicted octanol–water partition coefficient (Wildman–Crippen LogP) is 4.17. The molecule has 0 N–H and O–H groups in total. The Kier molecular flexibility index (Phi) is 4.13. The molecule has 0 radical (unpaired) electrons. The van der Waals surface area contributed by atoms with Crippen LogP contribution in [0.5, 0.6) is 0 Å². The lowest BCUT2D eigenvalue weighted by Crippen LogP contribution is -1.84. The minimum atomic E-state index is 0.654. The zero-order valence-corrected chi connectivity index (χ0v) is 11.7. The zero-order valence-electron chi connectivity index (χ0n) is 10.9. The molecule has 0 aliphatic rings. The fourth-order valence-corrected chi connectivity index (χ4v) is 2.67. The van der Waals surface area contributed by atoms with Crippen LogP contribution in [0.2, 0.25) is 0 Å². The number of nitrogens with zero attached hydrogens (tertiary/aromatic N) is 2. The van der Waals surface area contributed by atoms with Crippen molar-refractivity contribution >= 4 is 11.8 Å². The summed E-state index contributed by atoms with van der Waals surface area (Å²) >= 11 is 1.77. The molecule has 0 amide bonds. The summed E-state index contributed by atoms with van der Waals surface area (Å²) in [6.07, 6.45) is 0. The maximum absolute atomic E-state index is 5.28. The topological polar surface area (TPSA) is 38.9 Å². The fraction of sp³-hybridized carbons (Fsp3) is 0.125. The van der Waals surface area contributed by atoms with Gasteiger partial charge >= 0.3 is 0 Å². The van der Waals surface area contributed by atoms with Gasteiger partial charge in [0.15, 0.2) is 0 Å². The highest BCUT2D eigenvalue weighted by Gasteiger charge is 2.07. The highest BCUT2D eigenvalue weighted by Crippen LogP contribution is 2.19.